The van der Waals surface area contributed by atoms with Crippen LogP contribution in [0.25, 0.3) is 0 Å². The number of hydrogen-bond donors (Lipinski definition) is 3. The van der Waals surface area contributed by atoms with Gasteiger partial charge in [0.1, 0.15) is 5.82 Å². The van der Waals surface area contributed by atoms with Crippen molar-refractivity contribution in [3.05, 3.63) is 65.5 Å². The Morgan fingerprint density at radius 2 is 1.88 bits per heavy atom. The first-order valence-electron chi connectivity index (χ1n) is 8.14. The molecule has 0 aliphatic carbocycles. The maximum Gasteiger partial charge on any atom is 0.251 e. The Bertz CT molecular complexity index is 854. The molecule has 1 amide bonds. The number of rotatable bonds is 8. The predicted molar refractivity (Wildman–Crippen MR) is 95.6 cm³/mol. The molecule has 0 fully saturated rings. The van der Waals surface area contributed by atoms with E-state index in [0.29, 0.717) is 12.1 Å². The van der Waals surface area contributed by atoms with Crippen LogP contribution in [0.3, 0.4) is 0 Å². The lowest BCUT2D eigenvalue weighted by Gasteiger charge is -2.17. The van der Waals surface area contributed by atoms with Crippen molar-refractivity contribution in [2.45, 2.75) is 24.3 Å². The van der Waals surface area contributed by atoms with Gasteiger partial charge in [0.25, 0.3) is 5.91 Å². The zero-order chi connectivity index (χ0) is 19.2. The highest BCUT2D eigenvalue weighted by atomic mass is 32.2. The van der Waals surface area contributed by atoms with Crippen LogP contribution < -0.4 is 10.0 Å². The van der Waals surface area contributed by atoms with E-state index in [-0.39, 0.29) is 16.4 Å². The van der Waals surface area contributed by atoms with Gasteiger partial charge >= 0.3 is 0 Å². The maximum atomic E-state index is 13.0. The van der Waals surface area contributed by atoms with E-state index in [1.165, 1.54) is 48.5 Å². The number of aliphatic hydroxyl groups excluding tert-OH is 1. The van der Waals surface area contributed by atoms with Gasteiger partial charge in [0.15, 0.2) is 0 Å². The van der Waals surface area contributed by atoms with Gasteiger partial charge in [0, 0.05) is 12.1 Å². The lowest BCUT2D eigenvalue weighted by molar-refractivity contribution is 0.0953. The highest BCUT2D eigenvalue weighted by molar-refractivity contribution is 7.89. The summed E-state index contributed by atoms with van der Waals surface area (Å²) in [5.74, 6) is -0.819. The van der Waals surface area contributed by atoms with Crippen LogP contribution in [0.5, 0.6) is 0 Å². The molecule has 0 aliphatic rings. The maximum absolute atomic E-state index is 13.0. The molecule has 2 aromatic carbocycles. The van der Waals surface area contributed by atoms with Gasteiger partial charge in [-0.15, -0.1) is 0 Å². The molecule has 0 spiro atoms. The minimum atomic E-state index is -3.99. The number of amides is 1. The van der Waals surface area contributed by atoms with E-state index in [1.54, 1.807) is 0 Å². The first-order valence-corrected chi connectivity index (χ1v) is 9.62. The second kappa shape index (κ2) is 8.88. The molecule has 6 nitrogen and oxygen atoms in total. The van der Waals surface area contributed by atoms with E-state index in [0.717, 1.165) is 6.42 Å². The molecule has 3 N–H and O–H groups in total. The summed E-state index contributed by atoms with van der Waals surface area (Å²) >= 11 is 0. The summed E-state index contributed by atoms with van der Waals surface area (Å²) < 4.78 is 40.6. The third kappa shape index (κ3) is 5.10. The summed E-state index contributed by atoms with van der Waals surface area (Å²) in [6.45, 7) is 1.91. The number of hydrogen-bond acceptors (Lipinski definition) is 4. The summed E-state index contributed by atoms with van der Waals surface area (Å²) in [6.07, 6.45) is 0.765. The fourth-order valence-electron chi connectivity index (χ4n) is 2.31. The third-order valence-corrected chi connectivity index (χ3v) is 5.16. The van der Waals surface area contributed by atoms with Crippen LogP contribution in [-0.2, 0) is 10.0 Å². The van der Waals surface area contributed by atoms with E-state index < -0.39 is 28.5 Å². The van der Waals surface area contributed by atoms with Crippen LogP contribution in [-0.4, -0.2) is 32.6 Å². The van der Waals surface area contributed by atoms with E-state index >= 15 is 0 Å². The van der Waals surface area contributed by atoms with Crippen molar-refractivity contribution in [1.29, 1.82) is 0 Å². The van der Waals surface area contributed by atoms with Crippen molar-refractivity contribution in [1.82, 2.24) is 10.0 Å². The van der Waals surface area contributed by atoms with Crippen LogP contribution >= 0.6 is 0 Å². The summed E-state index contributed by atoms with van der Waals surface area (Å²) in [7, 11) is -3.99. The summed E-state index contributed by atoms with van der Waals surface area (Å²) in [6, 6.07) is 9.86. The molecule has 0 aromatic heterocycles. The number of nitrogens with one attached hydrogen (secondary N) is 2. The fraction of sp³-hybridized carbons (Fsp3) is 0.278. The van der Waals surface area contributed by atoms with E-state index in [9.17, 15) is 22.7 Å². The standard InChI is InChI=1S/C18H21FN2O4S/c1-2-10-20-18(23)14-4-3-5-16(11-14)26(24,25)21-17(12-22)13-6-8-15(19)9-7-13/h3-9,11,17,21-22H,2,10,12H2,1H3,(H,20,23)/t17-/m1/s1. The number of benzene rings is 2. The lowest BCUT2D eigenvalue weighted by atomic mass is 10.1. The first-order chi connectivity index (χ1) is 12.4. The Labute approximate surface area is 152 Å². The second-order valence-electron chi connectivity index (χ2n) is 5.69. The van der Waals surface area contributed by atoms with Crippen molar-refractivity contribution in [3.8, 4) is 0 Å². The molecule has 1 atom stereocenters. The van der Waals surface area contributed by atoms with Crippen molar-refractivity contribution in [2.75, 3.05) is 13.2 Å². The molecular formula is C18H21FN2O4S. The quantitative estimate of drug-likeness (QED) is 0.653. The Balaban J connectivity index is 2.23. The van der Waals surface area contributed by atoms with Crippen LogP contribution in [0.15, 0.2) is 53.4 Å². The van der Waals surface area contributed by atoms with Gasteiger partial charge in [-0.25, -0.2) is 17.5 Å². The largest absolute Gasteiger partial charge is 0.394 e. The van der Waals surface area contributed by atoms with Crippen molar-refractivity contribution >= 4 is 15.9 Å². The molecular weight excluding hydrogens is 359 g/mol. The zero-order valence-corrected chi connectivity index (χ0v) is 15.1. The van der Waals surface area contributed by atoms with Crippen molar-refractivity contribution < 1.29 is 22.7 Å². The zero-order valence-electron chi connectivity index (χ0n) is 14.3. The van der Waals surface area contributed by atoms with E-state index in [4.69, 9.17) is 0 Å². The third-order valence-electron chi connectivity index (χ3n) is 3.69. The highest BCUT2D eigenvalue weighted by Crippen LogP contribution is 2.18. The van der Waals surface area contributed by atoms with Gasteiger partial charge < -0.3 is 10.4 Å². The van der Waals surface area contributed by atoms with Crippen molar-refractivity contribution in [3.63, 3.8) is 0 Å². The Morgan fingerprint density at radius 3 is 2.50 bits per heavy atom. The van der Waals surface area contributed by atoms with Gasteiger partial charge in [-0.3, -0.25) is 4.79 Å². The Kier molecular flexibility index (Phi) is 6.84. The SMILES string of the molecule is CCCNC(=O)c1cccc(S(=O)(=O)N[C@H](CO)c2ccc(F)cc2)c1. The molecule has 8 heteroatoms. The predicted octanol–water partition coefficient (Wildman–Crippen LogP) is 1.98. The lowest BCUT2D eigenvalue weighted by Crippen LogP contribution is -2.31. The van der Waals surface area contributed by atoms with Gasteiger partial charge in [-0.2, -0.15) is 0 Å². The number of aliphatic hydroxyl groups is 1. The van der Waals surface area contributed by atoms with Crippen LogP contribution in [0.2, 0.25) is 0 Å². The molecule has 0 radical (unpaired) electrons. The number of carbonyl (C=O) groups excluding carboxylic acids is 1. The second-order valence-corrected chi connectivity index (χ2v) is 7.41. The smallest absolute Gasteiger partial charge is 0.251 e. The molecule has 0 aliphatic heterocycles. The number of carbonyl (C=O) groups is 1. The number of halogens is 1. The monoisotopic (exact) mass is 380 g/mol. The fourth-order valence-corrected chi connectivity index (χ4v) is 3.57. The molecule has 0 saturated heterocycles. The molecule has 0 bridgehead atoms. The summed E-state index contributed by atoms with van der Waals surface area (Å²) in [5.41, 5.74) is 0.651. The highest BCUT2D eigenvalue weighted by Gasteiger charge is 2.22. The molecule has 0 heterocycles. The topological polar surface area (TPSA) is 95.5 Å². The summed E-state index contributed by atoms with van der Waals surface area (Å²) in [4.78, 5) is 11.9. The molecule has 26 heavy (non-hydrogen) atoms. The molecule has 0 unspecified atom stereocenters. The molecule has 2 aromatic rings. The molecule has 0 saturated carbocycles. The minimum Gasteiger partial charge on any atom is -0.394 e. The average Bonchev–Trinajstić information content (AvgIpc) is 2.65. The van der Waals surface area contributed by atoms with Crippen LogP contribution in [0.4, 0.5) is 4.39 Å². The van der Waals surface area contributed by atoms with Gasteiger partial charge in [0.05, 0.1) is 17.5 Å². The molecule has 2 rings (SSSR count). The van der Waals surface area contributed by atoms with Gasteiger partial charge in [-0.05, 0) is 42.3 Å². The van der Waals surface area contributed by atoms with E-state index in [2.05, 4.69) is 10.0 Å². The van der Waals surface area contributed by atoms with Crippen molar-refractivity contribution in [2.24, 2.45) is 0 Å². The normalized spacial score (nSPS) is 12.6. The van der Waals surface area contributed by atoms with E-state index in [1.807, 2.05) is 6.92 Å². The Hall–Kier alpha value is -2.29. The summed E-state index contributed by atoms with van der Waals surface area (Å²) in [5, 5.41) is 12.2. The Morgan fingerprint density at radius 1 is 1.19 bits per heavy atom. The van der Waals surface area contributed by atoms with Gasteiger partial charge in [0.2, 0.25) is 10.0 Å². The first kappa shape index (κ1) is 20.0. The van der Waals surface area contributed by atoms with Crippen LogP contribution in [0.1, 0.15) is 35.3 Å². The molecule has 140 valence electrons. The van der Waals surface area contributed by atoms with Crippen LogP contribution in [0, 0.1) is 5.82 Å². The average molecular weight is 380 g/mol. The minimum absolute atomic E-state index is 0.0952. The van der Waals surface area contributed by atoms with Gasteiger partial charge in [-0.1, -0.05) is 25.1 Å². The number of sulfonamides is 1.